The Labute approximate surface area is 180 Å². The van der Waals surface area contributed by atoms with Gasteiger partial charge in [-0.1, -0.05) is 18.2 Å². The van der Waals surface area contributed by atoms with Crippen molar-refractivity contribution < 1.29 is 32.2 Å². The van der Waals surface area contributed by atoms with Crippen LogP contribution in [0.2, 0.25) is 0 Å². The average Bonchev–Trinajstić information content (AvgIpc) is 2.79. The van der Waals surface area contributed by atoms with Crippen LogP contribution in [0.25, 0.3) is 0 Å². The summed E-state index contributed by atoms with van der Waals surface area (Å²) in [6.07, 6.45) is 0. The van der Waals surface area contributed by atoms with Crippen molar-refractivity contribution in [2.45, 2.75) is 11.8 Å². The van der Waals surface area contributed by atoms with Gasteiger partial charge in [-0.2, -0.15) is 0 Å². The second-order valence-corrected chi connectivity index (χ2v) is 8.31. The largest absolute Gasteiger partial charge is 0.466 e. The van der Waals surface area contributed by atoms with Crippen LogP contribution in [0, 0.1) is 6.92 Å². The Bertz CT molecular complexity index is 1120. The van der Waals surface area contributed by atoms with Gasteiger partial charge in [0.25, 0.3) is 10.0 Å². The number of aryl methyl sites for hydroxylation is 1. The van der Waals surface area contributed by atoms with Crippen molar-refractivity contribution in [2.75, 3.05) is 37.2 Å². The Kier molecular flexibility index (Phi) is 6.62. The van der Waals surface area contributed by atoms with Crippen LogP contribution >= 0.6 is 0 Å². The molecule has 9 nitrogen and oxygen atoms in total. The average molecular weight is 446 g/mol. The van der Waals surface area contributed by atoms with E-state index in [1.165, 1.54) is 43.4 Å². The van der Waals surface area contributed by atoms with Crippen LogP contribution < -0.4 is 9.62 Å². The van der Waals surface area contributed by atoms with Crippen LogP contribution in [0.1, 0.15) is 5.56 Å². The summed E-state index contributed by atoms with van der Waals surface area (Å²) in [4.78, 5) is 25.9. The highest BCUT2D eigenvalue weighted by Gasteiger charge is 2.32. The minimum absolute atomic E-state index is 0.0125. The molecule has 0 atom stereocenters. The first-order valence-electron chi connectivity index (χ1n) is 9.22. The Morgan fingerprint density at radius 2 is 1.65 bits per heavy atom. The molecule has 0 amide bonds. The third kappa shape index (κ3) is 4.70. The predicted octanol–water partition coefficient (Wildman–Crippen LogP) is 2.19. The summed E-state index contributed by atoms with van der Waals surface area (Å²) in [5.41, 5.74) is 1.70. The summed E-state index contributed by atoms with van der Waals surface area (Å²) in [6.45, 7) is 1.66. The van der Waals surface area contributed by atoms with E-state index in [0.717, 1.165) is 5.56 Å². The number of carbonyl (C=O) groups excluding carboxylic acids is 2. The van der Waals surface area contributed by atoms with Gasteiger partial charge in [-0.25, -0.2) is 18.0 Å². The first kappa shape index (κ1) is 22.3. The molecule has 0 saturated carbocycles. The van der Waals surface area contributed by atoms with Crippen molar-refractivity contribution >= 4 is 33.3 Å². The zero-order chi connectivity index (χ0) is 22.6. The van der Waals surface area contributed by atoms with E-state index in [1.807, 2.05) is 6.07 Å². The molecule has 0 radical (unpaired) electrons. The number of hydrogen-bond acceptors (Lipinski definition) is 8. The molecule has 0 aliphatic carbocycles. The number of anilines is 2. The van der Waals surface area contributed by atoms with Crippen LogP contribution in [0.3, 0.4) is 0 Å². The van der Waals surface area contributed by atoms with E-state index >= 15 is 0 Å². The summed E-state index contributed by atoms with van der Waals surface area (Å²) in [7, 11) is -1.43. The van der Waals surface area contributed by atoms with Crippen LogP contribution in [0.5, 0.6) is 0 Å². The lowest BCUT2D eigenvalue weighted by Crippen LogP contribution is -2.38. The SMILES string of the molecule is COC(=O)C1=C(C(=O)OC)N(c2ccc(S(=O)(=O)Nc3ccccc3C)cc2)COC1. The highest BCUT2D eigenvalue weighted by atomic mass is 32.2. The third-order valence-electron chi connectivity index (χ3n) is 4.68. The van der Waals surface area contributed by atoms with E-state index in [9.17, 15) is 18.0 Å². The molecule has 0 fully saturated rings. The van der Waals surface area contributed by atoms with Gasteiger partial charge in [0.15, 0.2) is 0 Å². The number of esters is 2. The highest BCUT2D eigenvalue weighted by Crippen LogP contribution is 2.28. The molecular weight excluding hydrogens is 424 g/mol. The van der Waals surface area contributed by atoms with Crippen molar-refractivity contribution in [3.8, 4) is 0 Å². The molecule has 0 aromatic heterocycles. The van der Waals surface area contributed by atoms with E-state index in [1.54, 1.807) is 25.1 Å². The number of carbonyl (C=O) groups is 2. The van der Waals surface area contributed by atoms with Crippen LogP contribution in [0.4, 0.5) is 11.4 Å². The van der Waals surface area contributed by atoms with Gasteiger partial charge >= 0.3 is 11.9 Å². The van der Waals surface area contributed by atoms with Gasteiger partial charge in [0.05, 0.1) is 37.0 Å². The number of para-hydroxylation sites is 1. The molecule has 0 spiro atoms. The fraction of sp³-hybridized carbons (Fsp3) is 0.238. The maximum Gasteiger partial charge on any atom is 0.355 e. The van der Waals surface area contributed by atoms with Gasteiger partial charge in [-0.3, -0.25) is 4.72 Å². The molecule has 31 heavy (non-hydrogen) atoms. The minimum Gasteiger partial charge on any atom is -0.466 e. The Morgan fingerprint density at radius 1 is 1.00 bits per heavy atom. The molecule has 10 heteroatoms. The molecule has 2 aromatic carbocycles. The van der Waals surface area contributed by atoms with E-state index in [2.05, 4.69) is 4.72 Å². The van der Waals surface area contributed by atoms with E-state index in [0.29, 0.717) is 11.4 Å². The Balaban J connectivity index is 1.93. The number of methoxy groups -OCH3 is 2. The molecule has 3 rings (SSSR count). The second-order valence-electron chi connectivity index (χ2n) is 6.63. The number of sulfonamides is 1. The molecular formula is C21H22N2O7S. The monoisotopic (exact) mass is 446 g/mol. The van der Waals surface area contributed by atoms with E-state index in [-0.39, 0.29) is 29.5 Å². The maximum atomic E-state index is 12.7. The lowest BCUT2D eigenvalue weighted by Gasteiger charge is -2.31. The Morgan fingerprint density at radius 3 is 2.26 bits per heavy atom. The molecule has 1 aliphatic rings. The molecule has 1 aliphatic heterocycles. The summed E-state index contributed by atoms with van der Waals surface area (Å²) in [6, 6.07) is 12.9. The van der Waals surface area contributed by atoms with Gasteiger partial charge in [-0.15, -0.1) is 0 Å². The molecule has 1 heterocycles. The zero-order valence-corrected chi connectivity index (χ0v) is 18.1. The van der Waals surface area contributed by atoms with Crippen LogP contribution in [0.15, 0.2) is 64.7 Å². The number of rotatable bonds is 6. The van der Waals surface area contributed by atoms with Gasteiger partial charge in [0.2, 0.25) is 0 Å². The number of ether oxygens (including phenoxy) is 3. The van der Waals surface area contributed by atoms with E-state index in [4.69, 9.17) is 14.2 Å². The van der Waals surface area contributed by atoms with E-state index < -0.39 is 22.0 Å². The molecule has 0 saturated heterocycles. The van der Waals surface area contributed by atoms with Gasteiger partial charge in [0, 0.05) is 5.69 Å². The lowest BCUT2D eigenvalue weighted by atomic mass is 10.1. The lowest BCUT2D eigenvalue weighted by molar-refractivity contribution is -0.140. The van der Waals surface area contributed by atoms with Crippen LogP contribution in [-0.4, -0.2) is 47.9 Å². The molecule has 0 bridgehead atoms. The third-order valence-corrected chi connectivity index (χ3v) is 6.06. The van der Waals surface area contributed by atoms with Crippen molar-refractivity contribution in [3.63, 3.8) is 0 Å². The quantitative estimate of drug-likeness (QED) is 0.673. The zero-order valence-electron chi connectivity index (χ0n) is 17.2. The fourth-order valence-corrected chi connectivity index (χ4v) is 4.17. The number of benzene rings is 2. The number of nitrogens with one attached hydrogen (secondary N) is 1. The number of hydrogen-bond donors (Lipinski definition) is 1. The second kappa shape index (κ2) is 9.19. The topological polar surface area (TPSA) is 111 Å². The first-order chi connectivity index (χ1) is 14.8. The minimum atomic E-state index is -3.82. The predicted molar refractivity (Wildman–Crippen MR) is 113 cm³/mol. The van der Waals surface area contributed by atoms with Crippen molar-refractivity contribution in [3.05, 3.63) is 65.4 Å². The highest BCUT2D eigenvalue weighted by molar-refractivity contribution is 7.92. The summed E-state index contributed by atoms with van der Waals surface area (Å²) in [5, 5.41) is 0. The van der Waals surface area contributed by atoms with Gasteiger partial charge in [-0.05, 0) is 42.8 Å². The molecule has 2 aromatic rings. The van der Waals surface area contributed by atoms with Gasteiger partial charge < -0.3 is 19.1 Å². The van der Waals surface area contributed by atoms with Gasteiger partial charge in [0.1, 0.15) is 12.4 Å². The standard InChI is InChI=1S/C21H22N2O7S/c1-14-6-4-5-7-18(14)22-31(26,27)16-10-8-15(9-11-16)23-13-30-12-17(20(24)28-2)19(23)21(25)29-3/h4-11,22H,12-13H2,1-3H3. The summed E-state index contributed by atoms with van der Waals surface area (Å²) >= 11 is 0. The molecule has 1 N–H and O–H groups in total. The summed E-state index contributed by atoms with van der Waals surface area (Å²) < 4.78 is 43.0. The van der Waals surface area contributed by atoms with Crippen molar-refractivity contribution in [1.29, 1.82) is 0 Å². The van der Waals surface area contributed by atoms with Crippen molar-refractivity contribution in [1.82, 2.24) is 0 Å². The molecule has 164 valence electrons. The smallest absolute Gasteiger partial charge is 0.355 e. The van der Waals surface area contributed by atoms with Crippen LogP contribution in [-0.2, 0) is 33.8 Å². The number of nitrogens with zero attached hydrogens (tertiary/aromatic N) is 1. The summed E-state index contributed by atoms with van der Waals surface area (Å²) in [5.74, 6) is -1.45. The first-order valence-corrected chi connectivity index (χ1v) is 10.7. The van der Waals surface area contributed by atoms with Crippen molar-refractivity contribution in [2.24, 2.45) is 0 Å². The maximum absolute atomic E-state index is 12.7. The molecule has 0 unspecified atom stereocenters. The fourth-order valence-electron chi connectivity index (χ4n) is 3.04. The Hall–Kier alpha value is -3.37. The normalized spacial score (nSPS) is 14.2.